The van der Waals surface area contributed by atoms with Crippen LogP contribution in [-0.4, -0.2) is 31.7 Å². The molecular weight excluding hydrogens is 425 g/mol. The number of halogens is 3. The number of carbonyl (C=O) groups excluding carboxylic acids is 2. The van der Waals surface area contributed by atoms with Gasteiger partial charge in [-0.25, -0.2) is 9.59 Å². The Bertz CT molecular complexity index is 924. The fraction of sp³-hybridized carbons (Fsp3) is 0.304. The first kappa shape index (κ1) is 24.8. The molecule has 2 rings (SSSR count). The SMILES string of the molecule is CCOC(=O)C(=CNc1cc(C(F)(F)F)ccc1NCCc1ccccc1)C(=O)OCC. The van der Waals surface area contributed by atoms with Crippen LogP contribution in [0.1, 0.15) is 25.0 Å². The molecule has 0 amide bonds. The molecule has 0 spiro atoms. The minimum Gasteiger partial charge on any atom is -0.462 e. The van der Waals surface area contributed by atoms with Gasteiger partial charge in [-0.15, -0.1) is 0 Å². The van der Waals surface area contributed by atoms with E-state index in [-0.39, 0.29) is 18.9 Å². The molecule has 32 heavy (non-hydrogen) atoms. The van der Waals surface area contributed by atoms with E-state index < -0.39 is 29.3 Å². The smallest absolute Gasteiger partial charge is 0.416 e. The summed E-state index contributed by atoms with van der Waals surface area (Å²) in [5, 5.41) is 5.71. The summed E-state index contributed by atoms with van der Waals surface area (Å²) in [5.41, 5.74) is 0.140. The number of hydrogen-bond acceptors (Lipinski definition) is 6. The Morgan fingerprint density at radius 1 is 0.938 bits per heavy atom. The number of rotatable bonds is 10. The lowest BCUT2D eigenvalue weighted by atomic mass is 10.1. The zero-order chi connectivity index (χ0) is 23.6. The van der Waals surface area contributed by atoms with E-state index in [1.807, 2.05) is 30.3 Å². The first-order valence-corrected chi connectivity index (χ1v) is 10.1. The van der Waals surface area contributed by atoms with E-state index in [1.165, 1.54) is 6.07 Å². The molecule has 0 heterocycles. The third kappa shape index (κ3) is 7.33. The monoisotopic (exact) mass is 450 g/mol. The molecule has 0 atom stereocenters. The molecule has 0 unspecified atom stereocenters. The summed E-state index contributed by atoms with van der Waals surface area (Å²) in [5.74, 6) is -1.88. The predicted octanol–water partition coefficient (Wildman–Crippen LogP) is 4.78. The number of carbonyl (C=O) groups is 2. The minimum atomic E-state index is -4.56. The molecule has 0 bridgehead atoms. The first-order valence-electron chi connectivity index (χ1n) is 10.1. The van der Waals surface area contributed by atoms with Gasteiger partial charge in [0.25, 0.3) is 0 Å². The van der Waals surface area contributed by atoms with Crippen molar-refractivity contribution in [1.29, 1.82) is 0 Å². The molecule has 0 aliphatic rings. The Kier molecular flexibility index (Phi) is 9.12. The van der Waals surface area contributed by atoms with Gasteiger partial charge in [0.1, 0.15) is 0 Å². The summed E-state index contributed by atoms with van der Waals surface area (Å²) in [6.07, 6.45) is -2.92. The molecule has 2 aromatic carbocycles. The number of anilines is 2. The van der Waals surface area contributed by atoms with Gasteiger partial charge in [0.15, 0.2) is 5.57 Å². The Hall–Kier alpha value is -3.49. The van der Waals surface area contributed by atoms with Crippen LogP contribution < -0.4 is 10.6 Å². The highest BCUT2D eigenvalue weighted by Crippen LogP contribution is 2.34. The van der Waals surface area contributed by atoms with E-state index in [1.54, 1.807) is 13.8 Å². The maximum atomic E-state index is 13.2. The molecule has 0 saturated carbocycles. The van der Waals surface area contributed by atoms with E-state index in [4.69, 9.17) is 9.47 Å². The van der Waals surface area contributed by atoms with Crippen LogP contribution in [0.2, 0.25) is 0 Å². The molecular formula is C23H25F3N2O4. The van der Waals surface area contributed by atoms with E-state index in [2.05, 4.69) is 10.6 Å². The highest BCUT2D eigenvalue weighted by Gasteiger charge is 2.31. The first-order chi connectivity index (χ1) is 15.3. The average Bonchev–Trinajstić information content (AvgIpc) is 2.75. The van der Waals surface area contributed by atoms with Crippen molar-refractivity contribution in [2.75, 3.05) is 30.4 Å². The Morgan fingerprint density at radius 3 is 2.12 bits per heavy atom. The number of ether oxygens (including phenoxy) is 2. The molecule has 172 valence electrons. The zero-order valence-electron chi connectivity index (χ0n) is 17.8. The predicted molar refractivity (Wildman–Crippen MR) is 115 cm³/mol. The molecule has 9 heteroatoms. The van der Waals surface area contributed by atoms with Crippen molar-refractivity contribution < 1.29 is 32.2 Å². The fourth-order valence-corrected chi connectivity index (χ4v) is 2.75. The summed E-state index contributed by atoms with van der Waals surface area (Å²) in [6.45, 7) is 3.62. The highest BCUT2D eigenvalue weighted by atomic mass is 19.4. The third-order valence-corrected chi connectivity index (χ3v) is 4.28. The summed E-state index contributed by atoms with van der Waals surface area (Å²) < 4.78 is 49.3. The van der Waals surface area contributed by atoms with Crippen molar-refractivity contribution in [1.82, 2.24) is 0 Å². The van der Waals surface area contributed by atoms with Gasteiger partial charge in [-0.2, -0.15) is 13.2 Å². The van der Waals surface area contributed by atoms with Gasteiger partial charge in [-0.3, -0.25) is 0 Å². The van der Waals surface area contributed by atoms with E-state index >= 15 is 0 Å². The van der Waals surface area contributed by atoms with Gasteiger partial charge in [0, 0.05) is 12.7 Å². The number of alkyl halides is 3. The molecule has 0 aliphatic carbocycles. The Labute approximate surface area is 184 Å². The lowest BCUT2D eigenvalue weighted by Gasteiger charge is -2.16. The molecule has 0 saturated heterocycles. The summed E-state index contributed by atoms with van der Waals surface area (Å²) in [4.78, 5) is 24.2. The highest BCUT2D eigenvalue weighted by molar-refractivity contribution is 6.14. The molecule has 0 radical (unpaired) electrons. The van der Waals surface area contributed by atoms with Gasteiger partial charge in [0.2, 0.25) is 0 Å². The Balaban J connectivity index is 2.29. The average molecular weight is 450 g/mol. The standard InChI is InChI=1S/C23H25F3N2O4/c1-3-31-21(29)18(22(30)32-4-2)15-28-20-14-17(23(24,25)26)10-11-19(20)27-13-12-16-8-6-5-7-9-16/h5-11,14-15,27-28H,3-4,12-13H2,1-2H3. The van der Waals surface area contributed by atoms with Gasteiger partial charge in [0.05, 0.1) is 30.2 Å². The number of esters is 2. The topological polar surface area (TPSA) is 76.7 Å². The van der Waals surface area contributed by atoms with Crippen LogP contribution in [0.5, 0.6) is 0 Å². The van der Waals surface area contributed by atoms with Gasteiger partial charge in [-0.1, -0.05) is 30.3 Å². The molecule has 0 aliphatic heterocycles. The van der Waals surface area contributed by atoms with Crippen LogP contribution in [0.4, 0.5) is 24.5 Å². The maximum absolute atomic E-state index is 13.2. The number of nitrogens with one attached hydrogen (secondary N) is 2. The number of hydrogen-bond donors (Lipinski definition) is 2. The van der Waals surface area contributed by atoms with Gasteiger partial charge in [-0.05, 0) is 44.0 Å². The lowest BCUT2D eigenvalue weighted by Crippen LogP contribution is -2.19. The summed E-state index contributed by atoms with van der Waals surface area (Å²) >= 11 is 0. The van der Waals surface area contributed by atoms with E-state index in [0.29, 0.717) is 18.7 Å². The minimum absolute atomic E-state index is 0.0193. The molecule has 2 aromatic rings. The zero-order valence-corrected chi connectivity index (χ0v) is 17.8. The second-order valence-electron chi connectivity index (χ2n) is 6.56. The fourth-order valence-electron chi connectivity index (χ4n) is 2.75. The van der Waals surface area contributed by atoms with Crippen molar-refractivity contribution in [3.63, 3.8) is 0 Å². The molecule has 0 aromatic heterocycles. The van der Waals surface area contributed by atoms with Crippen LogP contribution in [-0.2, 0) is 31.7 Å². The van der Waals surface area contributed by atoms with Crippen LogP contribution in [0, 0.1) is 0 Å². The molecule has 0 fully saturated rings. The summed E-state index contributed by atoms with van der Waals surface area (Å²) in [6, 6.07) is 12.7. The molecule has 2 N–H and O–H groups in total. The van der Waals surface area contributed by atoms with Crippen LogP contribution in [0.3, 0.4) is 0 Å². The number of benzene rings is 2. The van der Waals surface area contributed by atoms with E-state index in [0.717, 1.165) is 23.9 Å². The van der Waals surface area contributed by atoms with Gasteiger partial charge < -0.3 is 20.1 Å². The van der Waals surface area contributed by atoms with Crippen molar-refractivity contribution in [3.8, 4) is 0 Å². The largest absolute Gasteiger partial charge is 0.462 e. The maximum Gasteiger partial charge on any atom is 0.416 e. The molecule has 6 nitrogen and oxygen atoms in total. The second-order valence-corrected chi connectivity index (χ2v) is 6.56. The van der Waals surface area contributed by atoms with Crippen LogP contribution in [0.15, 0.2) is 60.3 Å². The normalized spacial score (nSPS) is 10.8. The van der Waals surface area contributed by atoms with Crippen molar-refractivity contribution >= 4 is 23.3 Å². The van der Waals surface area contributed by atoms with Gasteiger partial charge >= 0.3 is 18.1 Å². The van der Waals surface area contributed by atoms with Crippen molar-refractivity contribution in [2.24, 2.45) is 0 Å². The van der Waals surface area contributed by atoms with E-state index in [9.17, 15) is 22.8 Å². The third-order valence-electron chi connectivity index (χ3n) is 4.28. The lowest BCUT2D eigenvalue weighted by molar-refractivity contribution is -0.146. The van der Waals surface area contributed by atoms with Crippen LogP contribution >= 0.6 is 0 Å². The quantitative estimate of drug-likeness (QED) is 0.235. The summed E-state index contributed by atoms with van der Waals surface area (Å²) in [7, 11) is 0. The van der Waals surface area contributed by atoms with Crippen molar-refractivity contribution in [2.45, 2.75) is 26.4 Å². The second kappa shape index (κ2) is 11.8. The van der Waals surface area contributed by atoms with Crippen molar-refractivity contribution in [3.05, 3.63) is 71.4 Å². The Morgan fingerprint density at radius 2 is 1.56 bits per heavy atom. The van der Waals surface area contributed by atoms with Crippen LogP contribution in [0.25, 0.3) is 0 Å².